The molecule has 0 aliphatic rings. The molecule has 2 aromatic heterocycles. The minimum absolute atomic E-state index is 0.544. The number of nitriles is 2. The van der Waals surface area contributed by atoms with Crippen LogP contribution in [-0.2, 0) is 0 Å². The fourth-order valence-electron chi connectivity index (χ4n) is 8.19. The molecular weight excluding hydrogens is 745 g/mol. The predicted molar refractivity (Wildman–Crippen MR) is 245 cm³/mol. The highest BCUT2D eigenvalue weighted by Gasteiger charge is 2.23. The first-order chi connectivity index (χ1) is 30.1. The first kappa shape index (κ1) is 36.5. The highest BCUT2D eigenvalue weighted by Crippen LogP contribution is 2.45. The van der Waals surface area contributed by atoms with Crippen LogP contribution >= 0.6 is 0 Å². The molecule has 0 atom stereocenters. The van der Waals surface area contributed by atoms with Crippen LogP contribution in [0.15, 0.2) is 194 Å². The van der Waals surface area contributed by atoms with E-state index < -0.39 is 0 Å². The first-order valence-electron chi connectivity index (χ1n) is 19.8. The molecule has 2 heterocycles. The van der Waals surface area contributed by atoms with E-state index in [-0.39, 0.29) is 0 Å². The minimum atomic E-state index is 0.544. The molecule has 0 aliphatic carbocycles. The molecule has 0 aliphatic heterocycles. The van der Waals surface area contributed by atoms with Crippen molar-refractivity contribution in [1.82, 2.24) is 14.5 Å². The Kier molecular flexibility index (Phi) is 9.24. The van der Waals surface area contributed by atoms with Crippen LogP contribution in [0.2, 0.25) is 0 Å². The predicted octanol–water partition coefficient (Wildman–Crippen LogP) is 13.9. The molecule has 0 saturated carbocycles. The summed E-state index contributed by atoms with van der Waals surface area (Å²) in [6, 6.07) is 69.2. The lowest BCUT2D eigenvalue weighted by Crippen LogP contribution is -2.03. The second kappa shape index (κ2) is 15.5. The fraction of sp³-hybridized carbons (Fsp3) is 0. The van der Waals surface area contributed by atoms with Crippen LogP contribution < -0.4 is 0 Å². The topological polar surface area (TPSA) is 82.7 Å². The van der Waals surface area contributed by atoms with Crippen LogP contribution in [0.5, 0.6) is 0 Å². The quantitative estimate of drug-likeness (QED) is 0.151. The lowest BCUT2D eigenvalue weighted by Gasteiger charge is -2.21. The zero-order chi connectivity index (χ0) is 41.3. The van der Waals surface area contributed by atoms with E-state index >= 15 is 0 Å². The van der Waals surface area contributed by atoms with Gasteiger partial charge in [0.15, 0.2) is 11.5 Å². The Morgan fingerprint density at radius 2 is 1.00 bits per heavy atom. The van der Waals surface area contributed by atoms with Crippen molar-refractivity contribution in [1.29, 1.82) is 10.5 Å². The van der Waals surface area contributed by atoms with E-state index in [1.807, 2.05) is 115 Å². The third-order valence-corrected chi connectivity index (χ3v) is 11.1. The van der Waals surface area contributed by atoms with Crippen molar-refractivity contribution in [3.63, 3.8) is 0 Å². The molecular formula is C55H32N6. The van der Waals surface area contributed by atoms with Crippen molar-refractivity contribution < 1.29 is 0 Å². The van der Waals surface area contributed by atoms with Crippen LogP contribution in [0.3, 0.4) is 0 Å². The van der Waals surface area contributed by atoms with Gasteiger partial charge in [0.1, 0.15) is 0 Å². The van der Waals surface area contributed by atoms with E-state index in [1.165, 1.54) is 0 Å². The van der Waals surface area contributed by atoms with E-state index in [9.17, 15) is 10.5 Å². The highest BCUT2D eigenvalue weighted by atomic mass is 15.0. The van der Waals surface area contributed by atoms with Crippen molar-refractivity contribution in [2.75, 3.05) is 0 Å². The van der Waals surface area contributed by atoms with Gasteiger partial charge in [0, 0.05) is 38.6 Å². The number of rotatable bonds is 7. The van der Waals surface area contributed by atoms with Gasteiger partial charge in [-0.25, -0.2) is 14.8 Å². The summed E-state index contributed by atoms with van der Waals surface area (Å²) in [6.07, 6.45) is 0. The summed E-state index contributed by atoms with van der Waals surface area (Å²) < 4.78 is 2.32. The number of fused-ring (bicyclic) bond motifs is 3. The molecule has 61 heavy (non-hydrogen) atoms. The number of aromatic nitrogens is 3. The van der Waals surface area contributed by atoms with Crippen LogP contribution in [0, 0.1) is 29.2 Å². The molecule has 282 valence electrons. The SMILES string of the molecule is [C-]#[N+]c1ccc(-c2cc(-c3nc(-c4ccccc4)cc(-c4ccccc4)n3)cc(-c3ccc(C#N)cc3)c2-n2c3ccccc3c3cc(-c4ccccc4C#N)ccc32)cc1. The van der Waals surface area contributed by atoms with E-state index in [1.54, 1.807) is 0 Å². The van der Waals surface area contributed by atoms with Gasteiger partial charge in [-0.1, -0.05) is 140 Å². The molecule has 0 unspecified atom stereocenters. The zero-order valence-electron chi connectivity index (χ0n) is 32.7. The maximum atomic E-state index is 10.0. The van der Waals surface area contributed by atoms with Crippen molar-refractivity contribution in [3.8, 4) is 85.1 Å². The Balaban J connectivity index is 1.32. The van der Waals surface area contributed by atoms with Crippen LogP contribution in [0.1, 0.15) is 11.1 Å². The molecule has 0 bridgehead atoms. The number of hydrogen-bond donors (Lipinski definition) is 0. The van der Waals surface area contributed by atoms with Gasteiger partial charge in [0.25, 0.3) is 0 Å². The molecule has 6 nitrogen and oxygen atoms in total. The van der Waals surface area contributed by atoms with Crippen molar-refractivity contribution >= 4 is 27.5 Å². The van der Waals surface area contributed by atoms with Gasteiger partial charge in [-0.2, -0.15) is 10.5 Å². The summed E-state index contributed by atoms with van der Waals surface area (Å²) in [5.74, 6) is 0.559. The summed E-state index contributed by atoms with van der Waals surface area (Å²) in [5.41, 5.74) is 14.4. The van der Waals surface area contributed by atoms with E-state index in [0.29, 0.717) is 22.6 Å². The molecule has 0 saturated heterocycles. The van der Waals surface area contributed by atoms with Crippen molar-refractivity contribution in [2.45, 2.75) is 0 Å². The largest absolute Gasteiger partial charge is 0.308 e. The highest BCUT2D eigenvalue weighted by molar-refractivity contribution is 6.12. The lowest BCUT2D eigenvalue weighted by molar-refractivity contribution is 1.17. The number of nitrogens with zero attached hydrogens (tertiary/aromatic N) is 6. The van der Waals surface area contributed by atoms with Gasteiger partial charge >= 0.3 is 0 Å². The van der Waals surface area contributed by atoms with Gasteiger partial charge in [-0.05, 0) is 76.9 Å². The molecule has 0 N–H and O–H groups in total. The van der Waals surface area contributed by atoms with Gasteiger partial charge in [0.05, 0.1) is 57.9 Å². The van der Waals surface area contributed by atoms with Crippen LogP contribution in [0.25, 0.3) is 99.6 Å². The second-order valence-corrected chi connectivity index (χ2v) is 14.7. The summed E-state index contributed by atoms with van der Waals surface area (Å²) in [4.78, 5) is 14.2. The molecule has 6 heteroatoms. The number of hydrogen-bond acceptors (Lipinski definition) is 4. The van der Waals surface area contributed by atoms with Crippen LogP contribution in [-0.4, -0.2) is 14.5 Å². The summed E-state index contributed by atoms with van der Waals surface area (Å²) >= 11 is 0. The third-order valence-electron chi connectivity index (χ3n) is 11.1. The Bertz CT molecular complexity index is 3280. The Morgan fingerprint density at radius 1 is 0.443 bits per heavy atom. The molecule has 10 rings (SSSR count). The zero-order valence-corrected chi connectivity index (χ0v) is 32.7. The lowest BCUT2D eigenvalue weighted by atomic mass is 9.92. The Morgan fingerprint density at radius 3 is 1.62 bits per heavy atom. The molecule has 0 spiro atoms. The summed E-state index contributed by atoms with van der Waals surface area (Å²) in [7, 11) is 0. The van der Waals surface area contributed by atoms with Gasteiger partial charge in [0.2, 0.25) is 0 Å². The maximum absolute atomic E-state index is 10.0. The standard InChI is InChI=1S/C55H32N6/c1-58-44-27-24-38(25-28-44)48-32-43(55-59-50(39-12-4-2-5-13-39)33-51(60-55)40-14-6-3-7-15-40)31-47(37-22-20-36(34-56)21-23-37)54(48)61-52-19-11-10-18-46(52)49-30-41(26-29-53(49)61)45-17-9-8-16-42(45)35-57/h2-33H. The molecule has 0 fully saturated rings. The number of benzene rings is 8. The molecule has 0 amide bonds. The molecule has 10 aromatic rings. The van der Waals surface area contributed by atoms with E-state index in [4.69, 9.17) is 16.5 Å². The first-order valence-corrected chi connectivity index (χ1v) is 19.8. The number of para-hydroxylation sites is 1. The Labute approximate surface area is 353 Å². The second-order valence-electron chi connectivity index (χ2n) is 14.7. The smallest absolute Gasteiger partial charge is 0.187 e. The average Bonchev–Trinajstić information content (AvgIpc) is 3.67. The van der Waals surface area contributed by atoms with Crippen molar-refractivity contribution in [2.24, 2.45) is 0 Å². The van der Waals surface area contributed by atoms with Crippen molar-refractivity contribution in [3.05, 3.63) is 217 Å². The maximum Gasteiger partial charge on any atom is 0.187 e. The fourth-order valence-corrected chi connectivity index (χ4v) is 8.19. The normalized spacial score (nSPS) is 10.9. The molecule has 8 aromatic carbocycles. The van der Waals surface area contributed by atoms with E-state index in [0.717, 1.165) is 89.0 Å². The molecule has 0 radical (unpaired) electrons. The monoisotopic (exact) mass is 776 g/mol. The Hall–Kier alpha value is -8.89. The summed E-state index contributed by atoms with van der Waals surface area (Å²) in [6.45, 7) is 7.73. The summed E-state index contributed by atoms with van der Waals surface area (Å²) in [5, 5.41) is 21.9. The van der Waals surface area contributed by atoms with E-state index in [2.05, 4.69) is 100 Å². The van der Waals surface area contributed by atoms with Gasteiger partial charge in [-0.3, -0.25) is 0 Å². The third kappa shape index (κ3) is 6.65. The average molecular weight is 777 g/mol. The van der Waals surface area contributed by atoms with Crippen LogP contribution in [0.4, 0.5) is 5.69 Å². The van der Waals surface area contributed by atoms with Gasteiger partial charge in [-0.15, -0.1) is 0 Å². The van der Waals surface area contributed by atoms with Gasteiger partial charge < -0.3 is 4.57 Å². The minimum Gasteiger partial charge on any atom is -0.308 e.